The number of hydrogen-bond acceptors (Lipinski definition) is 8. The molecule has 1 aromatic heterocycles. The van der Waals surface area contributed by atoms with Gasteiger partial charge in [-0.1, -0.05) is 0 Å². The van der Waals surface area contributed by atoms with Crippen molar-refractivity contribution in [1.82, 2.24) is 20.9 Å². The highest BCUT2D eigenvalue weighted by atomic mass is 16.7. The van der Waals surface area contributed by atoms with Gasteiger partial charge in [-0.25, -0.2) is 5.43 Å². The molecule has 2 heterocycles. The van der Waals surface area contributed by atoms with E-state index in [1.165, 1.54) is 6.21 Å². The predicted octanol–water partition coefficient (Wildman–Crippen LogP) is 1.70. The molecule has 1 aliphatic heterocycles. The maximum absolute atomic E-state index is 12.3. The third kappa shape index (κ3) is 4.87. The molecule has 2 aromatic carbocycles. The molecule has 0 spiro atoms. The molecule has 0 bridgehead atoms. The Bertz CT molecular complexity index is 1210. The zero-order chi connectivity index (χ0) is 23.2. The smallest absolute Gasteiger partial charge is 0.259 e. The summed E-state index contributed by atoms with van der Waals surface area (Å²) in [5, 5.41) is 13.4. The Kier molecular flexibility index (Phi) is 6.39. The molecule has 2 amide bonds. The Balaban J connectivity index is 1.33. The molecule has 3 N–H and O–H groups in total. The zero-order valence-electron chi connectivity index (χ0n) is 17.9. The van der Waals surface area contributed by atoms with Gasteiger partial charge in [-0.05, 0) is 36.4 Å². The molecule has 3 aromatic rings. The number of ether oxygens (including phenoxy) is 4. The quantitative estimate of drug-likeness (QED) is 0.350. The second kappa shape index (κ2) is 9.73. The van der Waals surface area contributed by atoms with Crippen LogP contribution in [0, 0.1) is 0 Å². The number of benzene rings is 2. The number of H-pyrrole nitrogens is 1. The van der Waals surface area contributed by atoms with Crippen LogP contribution >= 0.6 is 0 Å². The highest BCUT2D eigenvalue weighted by Gasteiger charge is 2.16. The van der Waals surface area contributed by atoms with Crippen LogP contribution in [-0.2, 0) is 4.79 Å². The number of carbonyl (C=O) groups is 2. The van der Waals surface area contributed by atoms with E-state index in [9.17, 15) is 9.59 Å². The van der Waals surface area contributed by atoms with Gasteiger partial charge in [0.15, 0.2) is 23.0 Å². The van der Waals surface area contributed by atoms with Crippen LogP contribution in [0.1, 0.15) is 15.9 Å². The average Bonchev–Trinajstić information content (AvgIpc) is 3.51. The van der Waals surface area contributed by atoms with Crippen LogP contribution in [0.15, 0.2) is 47.7 Å². The lowest BCUT2D eigenvalue weighted by molar-refractivity contribution is -0.120. The van der Waals surface area contributed by atoms with E-state index in [-0.39, 0.29) is 13.3 Å². The molecular formula is C22H21N5O6. The SMILES string of the molecule is COc1ccc(-c2[nH]ncc2/C=N\NC(=O)CNC(=O)c2ccc3c(c2)OCO3)cc1OC. The summed E-state index contributed by atoms with van der Waals surface area (Å²) in [6, 6.07) is 10.2. The number of rotatable bonds is 8. The van der Waals surface area contributed by atoms with E-state index >= 15 is 0 Å². The van der Waals surface area contributed by atoms with E-state index in [4.69, 9.17) is 18.9 Å². The lowest BCUT2D eigenvalue weighted by atomic mass is 10.1. The van der Waals surface area contributed by atoms with Crippen molar-refractivity contribution in [3.05, 3.63) is 53.7 Å². The summed E-state index contributed by atoms with van der Waals surface area (Å²) >= 11 is 0. The molecule has 0 fully saturated rings. The Labute approximate surface area is 188 Å². The number of hydrogen-bond donors (Lipinski definition) is 3. The third-order valence-electron chi connectivity index (χ3n) is 4.78. The number of hydrazone groups is 1. The van der Waals surface area contributed by atoms with Crippen LogP contribution in [0.25, 0.3) is 11.3 Å². The largest absolute Gasteiger partial charge is 0.493 e. The second-order valence-electron chi connectivity index (χ2n) is 6.81. The number of methoxy groups -OCH3 is 2. The summed E-state index contributed by atoms with van der Waals surface area (Å²) in [4.78, 5) is 24.3. The second-order valence-corrected chi connectivity index (χ2v) is 6.81. The van der Waals surface area contributed by atoms with Gasteiger partial charge in [0.05, 0.1) is 38.9 Å². The monoisotopic (exact) mass is 451 g/mol. The van der Waals surface area contributed by atoms with Gasteiger partial charge in [0.25, 0.3) is 11.8 Å². The van der Waals surface area contributed by atoms with Crippen molar-refractivity contribution in [3.63, 3.8) is 0 Å². The summed E-state index contributed by atoms with van der Waals surface area (Å²) < 4.78 is 21.0. The van der Waals surface area contributed by atoms with E-state index in [0.29, 0.717) is 39.8 Å². The molecule has 0 unspecified atom stereocenters. The number of carbonyl (C=O) groups excluding carboxylic acids is 2. The Morgan fingerprint density at radius 3 is 2.76 bits per heavy atom. The van der Waals surface area contributed by atoms with Crippen LogP contribution in [0.4, 0.5) is 0 Å². The van der Waals surface area contributed by atoms with Crippen LogP contribution in [0.2, 0.25) is 0 Å². The molecule has 11 nitrogen and oxygen atoms in total. The third-order valence-corrected chi connectivity index (χ3v) is 4.78. The van der Waals surface area contributed by atoms with Gasteiger partial charge in [-0.15, -0.1) is 0 Å². The van der Waals surface area contributed by atoms with Gasteiger partial charge in [0.1, 0.15) is 0 Å². The van der Waals surface area contributed by atoms with Crippen molar-refractivity contribution in [3.8, 4) is 34.3 Å². The molecule has 0 aliphatic carbocycles. The molecule has 11 heteroatoms. The fourth-order valence-corrected chi connectivity index (χ4v) is 3.13. The van der Waals surface area contributed by atoms with Crippen LogP contribution < -0.4 is 29.7 Å². The first-order chi connectivity index (χ1) is 16.1. The van der Waals surface area contributed by atoms with Crippen molar-refractivity contribution < 1.29 is 28.5 Å². The minimum Gasteiger partial charge on any atom is -0.493 e. The molecule has 0 saturated carbocycles. The maximum atomic E-state index is 12.3. The maximum Gasteiger partial charge on any atom is 0.259 e. The summed E-state index contributed by atoms with van der Waals surface area (Å²) in [6.45, 7) is -0.135. The van der Waals surface area contributed by atoms with Crippen LogP contribution in [-0.4, -0.2) is 55.8 Å². The standard InChI is InChI=1S/C22H21N5O6/c1-30-16-5-3-13(7-18(16)31-2)21-15(10-25-27-21)9-24-26-20(28)11-23-22(29)14-4-6-17-19(8-14)33-12-32-17/h3-10H,11-12H2,1-2H3,(H,23,29)(H,25,27)(H,26,28)/b24-9-. The molecule has 33 heavy (non-hydrogen) atoms. The van der Waals surface area contributed by atoms with Gasteiger partial charge >= 0.3 is 0 Å². The molecule has 4 rings (SSSR count). The summed E-state index contributed by atoms with van der Waals surface area (Å²) in [6.07, 6.45) is 3.02. The molecule has 0 radical (unpaired) electrons. The Hall–Kier alpha value is -4.54. The normalized spacial score (nSPS) is 11.9. The highest BCUT2D eigenvalue weighted by molar-refractivity contribution is 5.97. The number of aromatic amines is 1. The predicted molar refractivity (Wildman–Crippen MR) is 118 cm³/mol. The number of nitrogens with zero attached hydrogens (tertiary/aromatic N) is 2. The molecule has 170 valence electrons. The molecule has 0 atom stereocenters. The summed E-state index contributed by atoms with van der Waals surface area (Å²) in [5.41, 5.74) is 4.86. The fraction of sp³-hybridized carbons (Fsp3) is 0.182. The van der Waals surface area contributed by atoms with Crippen LogP contribution in [0.3, 0.4) is 0 Å². The van der Waals surface area contributed by atoms with Crippen molar-refractivity contribution in [2.24, 2.45) is 5.10 Å². The lowest BCUT2D eigenvalue weighted by Gasteiger charge is -2.09. The molecule has 0 saturated heterocycles. The molecule has 1 aliphatic rings. The number of nitrogens with one attached hydrogen (secondary N) is 3. The van der Waals surface area contributed by atoms with Gasteiger partial charge in [-0.2, -0.15) is 10.2 Å². The Morgan fingerprint density at radius 2 is 1.94 bits per heavy atom. The van der Waals surface area contributed by atoms with Crippen molar-refractivity contribution in [2.75, 3.05) is 27.6 Å². The van der Waals surface area contributed by atoms with Crippen LogP contribution in [0.5, 0.6) is 23.0 Å². The first-order valence-electron chi connectivity index (χ1n) is 9.84. The lowest BCUT2D eigenvalue weighted by Crippen LogP contribution is -2.34. The van der Waals surface area contributed by atoms with Crippen molar-refractivity contribution in [1.29, 1.82) is 0 Å². The Morgan fingerprint density at radius 1 is 1.12 bits per heavy atom. The highest BCUT2D eigenvalue weighted by Crippen LogP contribution is 2.33. The van der Waals surface area contributed by atoms with Gasteiger partial charge in [0, 0.05) is 16.7 Å². The van der Waals surface area contributed by atoms with Crippen molar-refractivity contribution in [2.45, 2.75) is 0 Å². The molecular weight excluding hydrogens is 430 g/mol. The summed E-state index contributed by atoms with van der Waals surface area (Å²) in [7, 11) is 3.11. The van der Waals surface area contributed by atoms with Gasteiger partial charge < -0.3 is 24.3 Å². The zero-order valence-corrected chi connectivity index (χ0v) is 17.9. The fourth-order valence-electron chi connectivity index (χ4n) is 3.13. The van der Waals surface area contributed by atoms with E-state index < -0.39 is 11.8 Å². The average molecular weight is 451 g/mol. The van der Waals surface area contributed by atoms with Gasteiger partial charge in [0.2, 0.25) is 6.79 Å². The van der Waals surface area contributed by atoms with Gasteiger partial charge in [-0.3, -0.25) is 14.7 Å². The number of aromatic nitrogens is 2. The first-order valence-corrected chi connectivity index (χ1v) is 9.84. The number of fused-ring (bicyclic) bond motifs is 1. The topological polar surface area (TPSA) is 136 Å². The van der Waals surface area contributed by atoms with E-state index in [0.717, 1.165) is 5.56 Å². The first kappa shape index (κ1) is 21.7. The number of amides is 2. The van der Waals surface area contributed by atoms with E-state index in [1.807, 2.05) is 6.07 Å². The minimum absolute atomic E-state index is 0.116. The van der Waals surface area contributed by atoms with E-state index in [2.05, 4.69) is 26.0 Å². The van der Waals surface area contributed by atoms with E-state index in [1.54, 1.807) is 50.7 Å². The summed E-state index contributed by atoms with van der Waals surface area (Å²) in [5.74, 6) is 1.33. The van der Waals surface area contributed by atoms with Crippen molar-refractivity contribution >= 4 is 18.0 Å². The minimum atomic E-state index is -0.489.